The van der Waals surface area contributed by atoms with Crippen molar-refractivity contribution < 1.29 is 27.7 Å². The smallest absolute Gasteiger partial charge is 0.0242 e. The Labute approximate surface area is 89.5 Å². The molecule has 1 aromatic carbocycles. The molecule has 0 amide bonds. The largest absolute Gasteiger partial charge is 0.115 e. The van der Waals surface area contributed by atoms with E-state index in [1.54, 1.807) is 0 Å². The molecule has 0 aliphatic carbocycles. The molecule has 0 unspecified atom stereocenters. The van der Waals surface area contributed by atoms with E-state index in [0.717, 1.165) is 5.56 Å². The van der Waals surface area contributed by atoms with E-state index in [1.807, 2.05) is 44.2 Å². The van der Waals surface area contributed by atoms with Crippen LogP contribution in [0.4, 0.5) is 0 Å². The number of rotatable bonds is 0. The number of hydrogen-bond donors (Lipinski definition) is 0. The van der Waals surface area contributed by atoms with Crippen molar-refractivity contribution in [3.63, 3.8) is 0 Å². The summed E-state index contributed by atoms with van der Waals surface area (Å²) in [5.41, 5.74) is 0.938. The summed E-state index contributed by atoms with van der Waals surface area (Å²) >= 11 is 0. The van der Waals surface area contributed by atoms with Crippen molar-refractivity contribution in [1.29, 1.82) is 0 Å². The van der Waals surface area contributed by atoms with Gasteiger partial charge in [0.25, 0.3) is 0 Å². The van der Waals surface area contributed by atoms with E-state index >= 15 is 0 Å². The Hall–Kier alpha value is -0.285. The first-order chi connectivity index (χ1) is 4.93. The first kappa shape index (κ1) is 13.3. The van der Waals surface area contributed by atoms with Gasteiger partial charge in [0.05, 0.1) is 0 Å². The van der Waals surface area contributed by atoms with E-state index < -0.39 is 0 Å². The van der Waals surface area contributed by atoms with Crippen molar-refractivity contribution in [1.82, 2.24) is 0 Å². The zero-order valence-electron chi connectivity index (χ0n) is 7.17. The molecule has 0 radical (unpaired) electrons. The number of terminal acetylenes is 1. The van der Waals surface area contributed by atoms with Gasteiger partial charge in [-0.25, -0.2) is 0 Å². The summed E-state index contributed by atoms with van der Waals surface area (Å²) in [4.78, 5) is 0. The topological polar surface area (TPSA) is 0 Å². The summed E-state index contributed by atoms with van der Waals surface area (Å²) in [6, 6.07) is 9.60. The van der Waals surface area contributed by atoms with Gasteiger partial charge in [-0.2, -0.15) is 0 Å². The predicted octanol–water partition coefficient (Wildman–Crippen LogP) is 2.69. The van der Waals surface area contributed by atoms with Gasteiger partial charge >= 0.3 is 0 Å². The van der Waals surface area contributed by atoms with Gasteiger partial charge in [0.15, 0.2) is 0 Å². The van der Waals surface area contributed by atoms with E-state index in [2.05, 4.69) is 5.92 Å². The molecule has 0 nitrogen and oxygen atoms in total. The van der Waals surface area contributed by atoms with Crippen LogP contribution in [0, 0.1) is 12.3 Å². The van der Waals surface area contributed by atoms with Crippen LogP contribution in [-0.4, -0.2) is 0 Å². The van der Waals surface area contributed by atoms with E-state index in [-0.39, 0.29) is 27.7 Å². The molecular formula is C10H12Hg. The minimum Gasteiger partial charge on any atom is -0.115 e. The SMILES string of the molecule is C#Cc1ccccc1.CC.[Hg]. The van der Waals surface area contributed by atoms with Gasteiger partial charge in [-0.3, -0.25) is 0 Å². The van der Waals surface area contributed by atoms with E-state index in [1.165, 1.54) is 0 Å². The molecule has 0 bridgehead atoms. The minimum absolute atomic E-state index is 0. The molecule has 0 fully saturated rings. The van der Waals surface area contributed by atoms with Gasteiger partial charge in [0.1, 0.15) is 0 Å². The van der Waals surface area contributed by atoms with Crippen LogP contribution in [0.25, 0.3) is 0 Å². The summed E-state index contributed by atoms with van der Waals surface area (Å²) in [5, 5.41) is 0. The van der Waals surface area contributed by atoms with Gasteiger partial charge < -0.3 is 0 Å². The molecule has 1 aromatic rings. The second-order valence-corrected chi connectivity index (χ2v) is 1.51. The van der Waals surface area contributed by atoms with Gasteiger partial charge in [-0.05, 0) is 12.1 Å². The Kier molecular flexibility index (Phi) is 11.8. The zero-order chi connectivity index (χ0) is 7.82. The third-order valence-electron chi connectivity index (χ3n) is 0.940. The maximum absolute atomic E-state index is 5.10. The van der Waals surface area contributed by atoms with Crippen molar-refractivity contribution in [3.8, 4) is 12.3 Å². The van der Waals surface area contributed by atoms with Crippen LogP contribution < -0.4 is 0 Å². The molecule has 0 N–H and O–H groups in total. The second-order valence-electron chi connectivity index (χ2n) is 1.51. The molecule has 0 aliphatic heterocycles. The molecule has 11 heavy (non-hydrogen) atoms. The Balaban J connectivity index is 0. The van der Waals surface area contributed by atoms with Crippen molar-refractivity contribution >= 4 is 0 Å². The average Bonchev–Trinajstić information content (AvgIpc) is 2.10. The fourth-order valence-electron chi connectivity index (χ4n) is 0.534. The van der Waals surface area contributed by atoms with Gasteiger partial charge in [0, 0.05) is 33.2 Å². The fourth-order valence-corrected chi connectivity index (χ4v) is 0.534. The minimum atomic E-state index is 0. The molecule has 1 rings (SSSR count). The van der Waals surface area contributed by atoms with E-state index in [9.17, 15) is 0 Å². The molecule has 0 aliphatic rings. The van der Waals surface area contributed by atoms with Crippen LogP contribution in [0.1, 0.15) is 19.4 Å². The third kappa shape index (κ3) is 6.13. The van der Waals surface area contributed by atoms with Gasteiger partial charge in [0.2, 0.25) is 0 Å². The molecule has 0 spiro atoms. The van der Waals surface area contributed by atoms with Crippen molar-refractivity contribution in [2.24, 2.45) is 0 Å². The van der Waals surface area contributed by atoms with Crippen LogP contribution in [0.3, 0.4) is 0 Å². The predicted molar refractivity (Wildman–Crippen MR) is 45.7 cm³/mol. The molecule has 0 saturated heterocycles. The Morgan fingerprint density at radius 3 is 1.82 bits per heavy atom. The second kappa shape index (κ2) is 9.72. The first-order valence-corrected chi connectivity index (χ1v) is 3.45. The van der Waals surface area contributed by atoms with Crippen LogP contribution in [0.2, 0.25) is 0 Å². The van der Waals surface area contributed by atoms with Crippen LogP contribution in [0.5, 0.6) is 0 Å². The van der Waals surface area contributed by atoms with Crippen LogP contribution >= 0.6 is 0 Å². The molecule has 1 heteroatoms. The Morgan fingerprint density at radius 2 is 1.55 bits per heavy atom. The molecule has 0 saturated carbocycles. The molecule has 0 aromatic heterocycles. The van der Waals surface area contributed by atoms with Crippen LogP contribution in [0.15, 0.2) is 30.3 Å². The monoisotopic (exact) mass is 334 g/mol. The van der Waals surface area contributed by atoms with E-state index in [0.29, 0.717) is 0 Å². The summed E-state index contributed by atoms with van der Waals surface area (Å²) < 4.78 is 0. The summed E-state index contributed by atoms with van der Waals surface area (Å²) in [7, 11) is 0. The zero-order valence-corrected chi connectivity index (χ0v) is 12.7. The Bertz CT molecular complexity index is 196. The maximum atomic E-state index is 5.10. The fraction of sp³-hybridized carbons (Fsp3) is 0.200. The number of hydrogen-bond acceptors (Lipinski definition) is 0. The average molecular weight is 333 g/mol. The summed E-state index contributed by atoms with van der Waals surface area (Å²) in [6.45, 7) is 4.00. The molecule has 54 valence electrons. The number of benzene rings is 1. The Morgan fingerprint density at radius 1 is 1.09 bits per heavy atom. The normalized spacial score (nSPS) is 6.27. The van der Waals surface area contributed by atoms with Crippen molar-refractivity contribution in [3.05, 3.63) is 35.9 Å². The third-order valence-corrected chi connectivity index (χ3v) is 0.940. The molecule has 0 atom stereocenters. The quantitative estimate of drug-likeness (QED) is 0.506. The first-order valence-electron chi connectivity index (χ1n) is 3.45. The maximum Gasteiger partial charge on any atom is 0.0242 e. The summed E-state index contributed by atoms with van der Waals surface area (Å²) in [5.74, 6) is 2.53. The standard InChI is InChI=1S/C8H6.C2H6.Hg/c1-2-8-6-4-3-5-7-8;1-2;/h1,3-7H;1-2H3;. The van der Waals surface area contributed by atoms with Crippen LogP contribution in [-0.2, 0) is 27.7 Å². The van der Waals surface area contributed by atoms with Gasteiger partial charge in [-0.1, -0.05) is 38.0 Å². The molecule has 0 heterocycles. The van der Waals surface area contributed by atoms with Gasteiger partial charge in [-0.15, -0.1) is 6.42 Å². The van der Waals surface area contributed by atoms with Crippen molar-refractivity contribution in [2.75, 3.05) is 0 Å². The summed E-state index contributed by atoms with van der Waals surface area (Å²) in [6.07, 6.45) is 5.10. The van der Waals surface area contributed by atoms with Crippen molar-refractivity contribution in [2.45, 2.75) is 13.8 Å². The molecular weight excluding hydrogens is 321 g/mol. The van der Waals surface area contributed by atoms with E-state index in [4.69, 9.17) is 6.42 Å².